The predicted octanol–water partition coefficient (Wildman–Crippen LogP) is 9.89. The average molecular weight is 760 g/mol. The molecule has 0 fully saturated rings. The smallest absolute Gasteiger partial charge is 0.472 e. The van der Waals surface area contributed by atoms with Crippen molar-refractivity contribution < 1.29 is 47.8 Å². The average Bonchev–Trinajstić information content (AvgIpc) is 3.11. The second-order valence-electron chi connectivity index (χ2n) is 13.8. The third kappa shape index (κ3) is 35.0. The van der Waals surface area contributed by atoms with Crippen molar-refractivity contribution in [1.29, 1.82) is 0 Å². The lowest BCUT2D eigenvalue weighted by molar-refractivity contribution is -0.147. The molecule has 0 aliphatic heterocycles. The number of allylic oxidation sites excluding steroid dienone is 4. The molecule has 0 aliphatic rings. The minimum Gasteiger partial charge on any atom is -0.480 e. The zero-order valence-corrected chi connectivity index (χ0v) is 33.5. The molecule has 0 aromatic heterocycles. The van der Waals surface area contributed by atoms with E-state index < -0.39 is 57.6 Å². The number of aliphatic hydroxyl groups is 1. The number of carbonyl (C=O) groups is 3. The summed E-state index contributed by atoms with van der Waals surface area (Å²) < 4.78 is 26.7. The van der Waals surface area contributed by atoms with Gasteiger partial charge in [-0.25, -0.2) is 9.36 Å². The largest absolute Gasteiger partial charge is 0.480 e. The van der Waals surface area contributed by atoms with Gasteiger partial charge in [0.2, 0.25) is 5.91 Å². The summed E-state index contributed by atoms with van der Waals surface area (Å²) in [4.78, 5) is 45.7. The highest BCUT2D eigenvalue weighted by molar-refractivity contribution is 7.47. The zero-order valence-electron chi connectivity index (χ0n) is 32.6. The van der Waals surface area contributed by atoms with E-state index in [1.165, 1.54) is 89.9 Å². The van der Waals surface area contributed by atoms with E-state index in [1.807, 2.05) is 0 Å². The van der Waals surface area contributed by atoms with Crippen molar-refractivity contribution in [2.24, 2.45) is 0 Å². The van der Waals surface area contributed by atoms with E-state index in [2.05, 4.69) is 43.5 Å². The summed E-state index contributed by atoms with van der Waals surface area (Å²) in [6.07, 6.45) is 34.9. The van der Waals surface area contributed by atoms with Gasteiger partial charge in [-0.05, 0) is 44.9 Å². The van der Waals surface area contributed by atoms with Crippen LogP contribution < -0.4 is 5.32 Å². The molecule has 3 atom stereocenters. The Morgan fingerprint density at radius 3 is 1.60 bits per heavy atom. The molecule has 12 heteroatoms. The highest BCUT2D eigenvalue weighted by atomic mass is 31.2. The molecule has 0 bridgehead atoms. The van der Waals surface area contributed by atoms with Crippen LogP contribution in [0.25, 0.3) is 0 Å². The second kappa shape index (κ2) is 36.0. The summed E-state index contributed by atoms with van der Waals surface area (Å²) in [7, 11) is -4.75. The van der Waals surface area contributed by atoms with Gasteiger partial charge in [0, 0.05) is 12.8 Å². The second-order valence-corrected chi connectivity index (χ2v) is 15.3. The maximum Gasteiger partial charge on any atom is 0.472 e. The molecular formula is C40H74NO10P. The lowest BCUT2D eigenvalue weighted by atomic mass is 10.1. The van der Waals surface area contributed by atoms with Crippen molar-refractivity contribution in [3.05, 3.63) is 24.3 Å². The van der Waals surface area contributed by atoms with Crippen LogP contribution in [0.3, 0.4) is 0 Å². The Kier molecular flexibility index (Phi) is 34.6. The van der Waals surface area contributed by atoms with E-state index >= 15 is 0 Å². The van der Waals surface area contributed by atoms with Gasteiger partial charge in [-0.1, -0.05) is 147 Å². The summed E-state index contributed by atoms with van der Waals surface area (Å²) in [6, 6.07) is -1.54. The van der Waals surface area contributed by atoms with E-state index in [4.69, 9.17) is 13.8 Å². The van der Waals surface area contributed by atoms with Gasteiger partial charge in [-0.15, -0.1) is 0 Å². The maximum atomic E-state index is 12.2. The first kappa shape index (κ1) is 50.0. The van der Waals surface area contributed by atoms with Crippen LogP contribution in [0.5, 0.6) is 0 Å². The number of hydrogen-bond donors (Lipinski definition) is 4. The molecule has 4 N–H and O–H groups in total. The van der Waals surface area contributed by atoms with Crippen molar-refractivity contribution >= 4 is 25.7 Å². The fourth-order valence-corrected chi connectivity index (χ4v) is 6.29. The minimum atomic E-state index is -4.75. The first-order valence-electron chi connectivity index (χ1n) is 20.4. The SMILES string of the molecule is CCCCC/C=C\C/C=C\CCCCCCCCCC(=O)OCC(O)COP(=O)(O)OCC(NC(=O)CCCCCCCCCCCCC)C(=O)O. The Morgan fingerprint density at radius 1 is 0.615 bits per heavy atom. The molecule has 52 heavy (non-hydrogen) atoms. The van der Waals surface area contributed by atoms with Crippen LogP contribution in [0.15, 0.2) is 24.3 Å². The third-order valence-electron chi connectivity index (χ3n) is 8.74. The van der Waals surface area contributed by atoms with Crippen LogP contribution in [0.2, 0.25) is 0 Å². The van der Waals surface area contributed by atoms with E-state index in [0.717, 1.165) is 51.4 Å². The highest BCUT2D eigenvalue weighted by Gasteiger charge is 2.28. The number of aliphatic carboxylic acids is 1. The quantitative estimate of drug-likeness (QED) is 0.0206. The number of hydrogen-bond acceptors (Lipinski definition) is 8. The first-order valence-corrected chi connectivity index (χ1v) is 21.9. The summed E-state index contributed by atoms with van der Waals surface area (Å²) in [5.74, 6) is -2.38. The van der Waals surface area contributed by atoms with Gasteiger partial charge < -0.3 is 25.2 Å². The molecule has 0 aromatic rings. The number of phosphoric acid groups is 1. The Balaban J connectivity index is 3.92. The number of carboxylic acid groups (broad SMARTS) is 1. The molecule has 0 radical (unpaired) electrons. The van der Waals surface area contributed by atoms with Gasteiger partial charge in [0.1, 0.15) is 12.7 Å². The number of phosphoric ester groups is 1. The molecule has 1 amide bonds. The summed E-state index contributed by atoms with van der Waals surface area (Å²) >= 11 is 0. The Bertz CT molecular complexity index is 989. The highest BCUT2D eigenvalue weighted by Crippen LogP contribution is 2.43. The molecule has 0 saturated heterocycles. The van der Waals surface area contributed by atoms with Crippen LogP contribution in [0.4, 0.5) is 0 Å². The van der Waals surface area contributed by atoms with Crippen LogP contribution >= 0.6 is 7.82 Å². The van der Waals surface area contributed by atoms with Crippen LogP contribution in [-0.2, 0) is 32.7 Å². The van der Waals surface area contributed by atoms with Gasteiger partial charge in [-0.2, -0.15) is 0 Å². The molecule has 11 nitrogen and oxygen atoms in total. The van der Waals surface area contributed by atoms with Gasteiger partial charge in [0.15, 0.2) is 6.04 Å². The first-order chi connectivity index (χ1) is 25.1. The van der Waals surface area contributed by atoms with E-state index in [-0.39, 0.29) is 12.8 Å². The normalized spacial score (nSPS) is 14.1. The fourth-order valence-electron chi connectivity index (χ4n) is 5.52. The summed E-state index contributed by atoms with van der Waals surface area (Å²) in [5, 5.41) is 21.7. The predicted molar refractivity (Wildman–Crippen MR) is 208 cm³/mol. The molecule has 0 aromatic carbocycles. The van der Waals surface area contributed by atoms with Crippen LogP contribution in [0, 0.1) is 0 Å². The molecule has 0 rings (SSSR count). The van der Waals surface area contributed by atoms with Crippen molar-refractivity contribution in [3.63, 3.8) is 0 Å². The number of unbranched alkanes of at least 4 members (excludes halogenated alkanes) is 20. The van der Waals surface area contributed by atoms with Crippen LogP contribution in [-0.4, -0.2) is 64.9 Å². The van der Waals surface area contributed by atoms with Gasteiger partial charge in [0.25, 0.3) is 0 Å². The van der Waals surface area contributed by atoms with Gasteiger partial charge in [-0.3, -0.25) is 18.6 Å². The number of ether oxygens (including phenoxy) is 1. The number of carbonyl (C=O) groups excluding carboxylic acids is 2. The molecule has 0 heterocycles. The van der Waals surface area contributed by atoms with Crippen molar-refractivity contribution in [2.75, 3.05) is 19.8 Å². The van der Waals surface area contributed by atoms with Gasteiger partial charge in [0.05, 0.1) is 13.2 Å². The summed E-state index contributed by atoms with van der Waals surface area (Å²) in [6.45, 7) is 2.54. The molecule has 0 spiro atoms. The Hall–Kier alpha value is -2.04. The number of aliphatic hydroxyl groups excluding tert-OH is 1. The number of nitrogens with one attached hydrogen (secondary N) is 1. The lowest BCUT2D eigenvalue weighted by Gasteiger charge is -2.18. The summed E-state index contributed by atoms with van der Waals surface area (Å²) in [5.41, 5.74) is 0. The monoisotopic (exact) mass is 760 g/mol. The maximum absolute atomic E-state index is 12.2. The topological polar surface area (TPSA) is 169 Å². The number of carboxylic acids is 1. The number of amides is 1. The zero-order chi connectivity index (χ0) is 38.5. The van der Waals surface area contributed by atoms with E-state index in [9.17, 15) is 34.1 Å². The standard InChI is InChI=1S/C40H74NO10P/c1-3-5-7-9-11-13-15-16-17-18-19-20-22-24-26-28-30-32-39(44)49-33-36(42)34-50-52(47,48)51-35-37(40(45)46)41-38(43)31-29-27-25-23-21-14-12-10-8-6-4-2/h11,13,16-17,36-37,42H,3-10,12,14-15,18-35H2,1-2H3,(H,41,43)(H,45,46)(H,47,48)/b13-11-,17-16-. The molecule has 304 valence electrons. The van der Waals surface area contributed by atoms with E-state index in [0.29, 0.717) is 12.8 Å². The van der Waals surface area contributed by atoms with Crippen molar-refractivity contribution in [3.8, 4) is 0 Å². The van der Waals surface area contributed by atoms with Crippen molar-refractivity contribution in [2.45, 2.75) is 193 Å². The minimum absolute atomic E-state index is 0.148. The molecule has 0 aliphatic carbocycles. The number of esters is 1. The number of rotatable bonds is 38. The Morgan fingerprint density at radius 2 is 1.06 bits per heavy atom. The third-order valence-corrected chi connectivity index (χ3v) is 9.69. The van der Waals surface area contributed by atoms with E-state index in [1.54, 1.807) is 0 Å². The molecule has 3 unspecified atom stereocenters. The molecular weight excluding hydrogens is 685 g/mol. The van der Waals surface area contributed by atoms with Gasteiger partial charge >= 0.3 is 19.8 Å². The lowest BCUT2D eigenvalue weighted by Crippen LogP contribution is -2.43. The van der Waals surface area contributed by atoms with Crippen molar-refractivity contribution in [1.82, 2.24) is 5.32 Å². The van der Waals surface area contributed by atoms with Crippen LogP contribution in [0.1, 0.15) is 181 Å². The molecule has 0 saturated carbocycles. The fraction of sp³-hybridized carbons (Fsp3) is 0.825. The Labute approximate surface area is 315 Å².